The van der Waals surface area contributed by atoms with Crippen LogP contribution in [0.5, 0.6) is 0 Å². The van der Waals surface area contributed by atoms with Crippen molar-refractivity contribution >= 4 is 35.2 Å². The molecule has 0 saturated carbocycles. The lowest BCUT2D eigenvalue weighted by atomic mass is 9.63. The van der Waals surface area contributed by atoms with Gasteiger partial charge in [0.15, 0.2) is 12.4 Å². The molecule has 2 aliphatic carbocycles. The van der Waals surface area contributed by atoms with Gasteiger partial charge in [-0.05, 0) is 141 Å². The van der Waals surface area contributed by atoms with Gasteiger partial charge in [0.1, 0.15) is 24.9 Å². The molecule has 0 spiro atoms. The van der Waals surface area contributed by atoms with Gasteiger partial charge in [-0.1, -0.05) is 128 Å². The number of rotatable bonds is 9. The summed E-state index contributed by atoms with van der Waals surface area (Å²) >= 11 is 0. The zero-order valence-electron chi connectivity index (χ0n) is 38.0. The van der Waals surface area contributed by atoms with Crippen LogP contribution in [0.3, 0.4) is 0 Å². The Labute approximate surface area is 367 Å². The van der Waals surface area contributed by atoms with E-state index < -0.39 is 49.3 Å². The quantitative estimate of drug-likeness (QED) is 0.113. The first-order valence-corrected chi connectivity index (χ1v) is 22.0. The Morgan fingerprint density at radius 3 is 1.39 bits per heavy atom. The largest absolute Gasteiger partial charge is 0.459 e. The minimum Gasteiger partial charge on any atom is -0.459 e. The molecule has 8 heteroatoms. The highest BCUT2D eigenvalue weighted by Crippen LogP contribution is 2.48. The SMILES string of the molecule is C/C(=C\c1ccc(C(=O)OC[C@H]2O[C@H](O)[C@H](OC(=O)c3ccc(/C=C(\C)c4ccc5c(c4)C(C)(C)CCC5(C)C)cc3)[C@@H](O)[C@@H]2O)cc1)c1ccc2c(c1)C(C)(C)CCC2(C)C. The molecule has 0 unspecified atom stereocenters. The van der Waals surface area contributed by atoms with Crippen LogP contribution >= 0.6 is 0 Å². The van der Waals surface area contributed by atoms with Gasteiger partial charge in [0.05, 0.1) is 11.1 Å². The number of carbonyl (C=O) groups is 2. The molecule has 1 fully saturated rings. The van der Waals surface area contributed by atoms with Gasteiger partial charge in [-0.25, -0.2) is 9.59 Å². The first-order valence-electron chi connectivity index (χ1n) is 22.0. The fraction of sp³-hybridized carbons (Fsp3) is 0.444. The summed E-state index contributed by atoms with van der Waals surface area (Å²) < 4.78 is 16.4. The van der Waals surface area contributed by atoms with E-state index >= 15 is 0 Å². The van der Waals surface area contributed by atoms with Crippen LogP contribution in [0.15, 0.2) is 84.9 Å². The average molecular weight is 841 g/mol. The maximum Gasteiger partial charge on any atom is 0.338 e. The van der Waals surface area contributed by atoms with Gasteiger partial charge < -0.3 is 29.5 Å². The predicted octanol–water partition coefficient (Wildman–Crippen LogP) is 10.3. The Hall–Kier alpha value is -4.86. The van der Waals surface area contributed by atoms with Crippen LogP contribution in [0.4, 0.5) is 0 Å². The summed E-state index contributed by atoms with van der Waals surface area (Å²) in [6.07, 6.45) is 0.809. The molecule has 7 rings (SSSR count). The fourth-order valence-corrected chi connectivity index (χ4v) is 9.38. The Bertz CT molecular complexity index is 2380. The van der Waals surface area contributed by atoms with Gasteiger partial charge in [0.2, 0.25) is 0 Å². The molecule has 0 amide bonds. The van der Waals surface area contributed by atoms with Crippen LogP contribution in [0.25, 0.3) is 23.3 Å². The molecule has 62 heavy (non-hydrogen) atoms. The molecule has 1 saturated heterocycles. The summed E-state index contributed by atoms with van der Waals surface area (Å²) in [6, 6.07) is 27.4. The number of aliphatic hydroxyl groups is 3. The van der Waals surface area contributed by atoms with E-state index in [-0.39, 0.29) is 27.2 Å². The van der Waals surface area contributed by atoms with Crippen LogP contribution in [0.2, 0.25) is 0 Å². The molecule has 4 aromatic rings. The number of ether oxygens (including phenoxy) is 3. The maximum absolute atomic E-state index is 13.2. The summed E-state index contributed by atoms with van der Waals surface area (Å²) in [7, 11) is 0. The zero-order chi connectivity index (χ0) is 44.9. The van der Waals surface area contributed by atoms with Crippen molar-refractivity contribution in [3.05, 3.63) is 141 Å². The molecular formula is C54H64O8. The highest BCUT2D eigenvalue weighted by Gasteiger charge is 2.47. The normalized spacial score (nSPS) is 25.0. The molecule has 1 aliphatic heterocycles. The third-order valence-electron chi connectivity index (χ3n) is 14.0. The van der Waals surface area contributed by atoms with E-state index in [0.29, 0.717) is 5.56 Å². The molecule has 5 atom stereocenters. The van der Waals surface area contributed by atoms with Crippen molar-refractivity contribution in [2.24, 2.45) is 0 Å². The van der Waals surface area contributed by atoms with Crippen LogP contribution in [0, 0.1) is 0 Å². The summed E-state index contributed by atoms with van der Waals surface area (Å²) in [4.78, 5) is 26.2. The summed E-state index contributed by atoms with van der Waals surface area (Å²) in [5.74, 6) is -1.46. The Morgan fingerprint density at radius 1 is 0.565 bits per heavy atom. The number of esters is 2. The van der Waals surface area contributed by atoms with Crippen molar-refractivity contribution in [2.75, 3.05) is 6.61 Å². The van der Waals surface area contributed by atoms with E-state index in [1.165, 1.54) is 22.3 Å². The number of allylic oxidation sites excluding steroid dienone is 2. The molecule has 3 aliphatic rings. The highest BCUT2D eigenvalue weighted by molar-refractivity contribution is 5.91. The second-order valence-corrected chi connectivity index (χ2v) is 20.5. The lowest BCUT2D eigenvalue weighted by Crippen LogP contribution is -2.60. The van der Waals surface area contributed by atoms with Crippen LogP contribution < -0.4 is 0 Å². The maximum atomic E-state index is 13.2. The number of benzene rings is 4. The van der Waals surface area contributed by atoms with Crippen LogP contribution in [-0.2, 0) is 35.9 Å². The first-order chi connectivity index (χ1) is 29.1. The van der Waals surface area contributed by atoms with E-state index in [1.54, 1.807) is 36.4 Å². The van der Waals surface area contributed by atoms with Gasteiger partial charge in [-0.3, -0.25) is 0 Å². The second kappa shape index (κ2) is 17.0. The Balaban J connectivity index is 0.923. The highest BCUT2D eigenvalue weighted by atomic mass is 16.7. The second-order valence-electron chi connectivity index (χ2n) is 20.5. The molecule has 0 bridgehead atoms. The fourth-order valence-electron chi connectivity index (χ4n) is 9.38. The van der Waals surface area contributed by atoms with E-state index in [9.17, 15) is 24.9 Å². The van der Waals surface area contributed by atoms with E-state index in [1.807, 2.05) is 12.1 Å². The minimum absolute atomic E-state index is 0.100. The number of hydrogen-bond acceptors (Lipinski definition) is 8. The lowest BCUT2D eigenvalue weighted by Gasteiger charge is -2.42. The molecule has 328 valence electrons. The number of aliphatic hydroxyl groups excluding tert-OH is 3. The van der Waals surface area contributed by atoms with Crippen molar-refractivity contribution in [3.63, 3.8) is 0 Å². The lowest BCUT2D eigenvalue weighted by molar-refractivity contribution is -0.285. The summed E-state index contributed by atoms with van der Waals surface area (Å²) in [6.45, 7) is 22.2. The smallest absolute Gasteiger partial charge is 0.338 e. The van der Waals surface area contributed by atoms with Crippen LogP contribution in [-0.4, -0.2) is 64.6 Å². The van der Waals surface area contributed by atoms with Crippen LogP contribution in [0.1, 0.15) is 160 Å². The average Bonchev–Trinajstić information content (AvgIpc) is 3.23. The van der Waals surface area contributed by atoms with Crippen molar-refractivity contribution in [1.82, 2.24) is 0 Å². The molecule has 1 heterocycles. The minimum atomic E-state index is -1.78. The van der Waals surface area contributed by atoms with E-state index in [4.69, 9.17) is 14.2 Å². The Kier molecular flexibility index (Phi) is 12.4. The van der Waals surface area contributed by atoms with Gasteiger partial charge >= 0.3 is 11.9 Å². The molecule has 4 aromatic carbocycles. The molecule has 0 aromatic heterocycles. The summed E-state index contributed by atoms with van der Waals surface area (Å²) in [5, 5.41) is 32.6. The van der Waals surface area contributed by atoms with Crippen molar-refractivity contribution in [2.45, 2.75) is 147 Å². The summed E-state index contributed by atoms with van der Waals surface area (Å²) in [5.41, 5.74) is 12.9. The molecule has 3 N–H and O–H groups in total. The number of hydrogen-bond donors (Lipinski definition) is 3. The Morgan fingerprint density at radius 2 is 0.952 bits per heavy atom. The third-order valence-corrected chi connectivity index (χ3v) is 14.0. The monoisotopic (exact) mass is 840 g/mol. The van der Waals surface area contributed by atoms with E-state index in [0.717, 1.165) is 59.1 Å². The molecule has 0 radical (unpaired) electrons. The van der Waals surface area contributed by atoms with Gasteiger partial charge in [0.25, 0.3) is 0 Å². The number of carbonyl (C=O) groups excluding carboxylic acids is 2. The standard InChI is InChI=1S/C54H64O8/c1-32(38-19-21-40-42(29-38)53(7,8)25-23-51(40,3)4)27-34-11-15-36(16-12-34)48(57)60-31-44-45(55)46(56)47(50(59)61-44)62-49(58)37-17-13-35(14-18-37)28-33(2)39-20-22-41-43(30-39)54(9,10)26-24-52(41,5)6/h11-22,27-30,44-47,50,55-56,59H,23-26,31H2,1-10H3/b32-27+,33-28+/t44-,45-,46+,47-,50+/m1/s1. The van der Waals surface area contributed by atoms with Crippen molar-refractivity contribution in [1.29, 1.82) is 0 Å². The molecule has 8 nitrogen and oxygen atoms in total. The van der Waals surface area contributed by atoms with Crippen molar-refractivity contribution in [3.8, 4) is 0 Å². The predicted molar refractivity (Wildman–Crippen MR) is 246 cm³/mol. The van der Waals surface area contributed by atoms with Crippen molar-refractivity contribution < 1.29 is 39.1 Å². The topological polar surface area (TPSA) is 123 Å². The van der Waals surface area contributed by atoms with Gasteiger partial charge in [-0.15, -0.1) is 0 Å². The third kappa shape index (κ3) is 9.26. The molecular weight excluding hydrogens is 777 g/mol. The van der Waals surface area contributed by atoms with Gasteiger partial charge in [-0.2, -0.15) is 0 Å². The first kappa shape index (κ1) is 45.2. The van der Waals surface area contributed by atoms with E-state index in [2.05, 4.69) is 118 Å². The zero-order valence-corrected chi connectivity index (χ0v) is 38.0. The van der Waals surface area contributed by atoms with Gasteiger partial charge in [0, 0.05) is 0 Å². The number of fused-ring (bicyclic) bond motifs is 2.